The van der Waals surface area contributed by atoms with Gasteiger partial charge in [0.2, 0.25) is 0 Å². The Labute approximate surface area is 142 Å². The molecule has 0 spiro atoms. The summed E-state index contributed by atoms with van der Waals surface area (Å²) in [6, 6.07) is 9.08. The van der Waals surface area contributed by atoms with Crippen LogP contribution >= 0.6 is 0 Å². The highest BCUT2D eigenvalue weighted by molar-refractivity contribution is 5.34. The number of benzene rings is 1. The van der Waals surface area contributed by atoms with Gasteiger partial charge in [0, 0.05) is 30.9 Å². The number of likely N-dealkylation sites (tertiary alicyclic amines) is 1. The van der Waals surface area contributed by atoms with E-state index in [0.717, 1.165) is 50.3 Å². The summed E-state index contributed by atoms with van der Waals surface area (Å²) >= 11 is 0. The van der Waals surface area contributed by atoms with Gasteiger partial charge in [-0.05, 0) is 57.3 Å². The average Bonchev–Trinajstić information content (AvgIpc) is 2.87. The fourth-order valence-corrected chi connectivity index (χ4v) is 3.46. The van der Waals surface area contributed by atoms with Crippen LogP contribution in [0.5, 0.6) is 0 Å². The smallest absolute Gasteiger partial charge is 0.269 e. The number of nitro benzene ring substituents is 1. The molecule has 24 heavy (non-hydrogen) atoms. The number of nitro groups is 1. The quantitative estimate of drug-likeness (QED) is 0.624. The van der Waals surface area contributed by atoms with Gasteiger partial charge in [0.25, 0.3) is 5.69 Å². The summed E-state index contributed by atoms with van der Waals surface area (Å²) in [4.78, 5) is 12.9. The number of rotatable bonds is 5. The topological polar surface area (TPSA) is 64.2 Å². The first-order chi connectivity index (χ1) is 11.5. The van der Waals surface area contributed by atoms with E-state index >= 15 is 0 Å². The molecular weight excluding hydrogens is 304 g/mol. The Kier molecular flexibility index (Phi) is 4.94. The van der Waals surface area contributed by atoms with Crippen molar-refractivity contribution >= 4 is 5.69 Å². The highest BCUT2D eigenvalue weighted by Gasteiger charge is 2.21. The zero-order chi connectivity index (χ0) is 17.1. The van der Waals surface area contributed by atoms with Crippen LogP contribution in [0.15, 0.2) is 30.3 Å². The van der Waals surface area contributed by atoms with E-state index in [4.69, 9.17) is 0 Å². The molecule has 1 saturated heterocycles. The van der Waals surface area contributed by atoms with Crippen molar-refractivity contribution in [2.75, 3.05) is 13.1 Å². The van der Waals surface area contributed by atoms with E-state index < -0.39 is 0 Å². The molecule has 0 amide bonds. The van der Waals surface area contributed by atoms with Gasteiger partial charge in [-0.15, -0.1) is 0 Å². The van der Waals surface area contributed by atoms with Crippen molar-refractivity contribution in [1.29, 1.82) is 0 Å². The monoisotopic (exact) mass is 328 g/mol. The summed E-state index contributed by atoms with van der Waals surface area (Å²) in [7, 11) is 0. The summed E-state index contributed by atoms with van der Waals surface area (Å²) in [5.41, 5.74) is 3.50. The highest BCUT2D eigenvalue weighted by Crippen LogP contribution is 2.22. The standard InChI is InChI=1S/C18H24N4O2/c1-14-10-15(2)21(19-14)13-16-6-8-20(9-7-16)12-17-4-3-5-18(11-17)22(23)24/h3-5,10-11,16H,6-9,12-13H2,1-2H3. The Bertz CT molecular complexity index is 718. The van der Waals surface area contributed by atoms with E-state index in [0.29, 0.717) is 5.92 Å². The molecule has 0 unspecified atom stereocenters. The van der Waals surface area contributed by atoms with Crippen LogP contribution in [0.3, 0.4) is 0 Å². The summed E-state index contributed by atoms with van der Waals surface area (Å²) in [6.07, 6.45) is 2.29. The molecule has 2 heterocycles. The van der Waals surface area contributed by atoms with Crippen molar-refractivity contribution in [3.63, 3.8) is 0 Å². The van der Waals surface area contributed by atoms with Gasteiger partial charge < -0.3 is 0 Å². The van der Waals surface area contributed by atoms with Crippen molar-refractivity contribution < 1.29 is 4.92 Å². The van der Waals surface area contributed by atoms with Gasteiger partial charge >= 0.3 is 0 Å². The number of non-ortho nitro benzene ring substituents is 1. The minimum atomic E-state index is -0.329. The molecule has 0 radical (unpaired) electrons. The lowest BCUT2D eigenvalue weighted by atomic mass is 9.96. The fourth-order valence-electron chi connectivity index (χ4n) is 3.46. The third kappa shape index (κ3) is 4.00. The third-order valence-electron chi connectivity index (χ3n) is 4.77. The van der Waals surface area contributed by atoms with Crippen molar-refractivity contribution in [3.05, 3.63) is 57.4 Å². The second-order valence-electron chi connectivity index (χ2n) is 6.76. The van der Waals surface area contributed by atoms with Crippen LogP contribution < -0.4 is 0 Å². The van der Waals surface area contributed by atoms with Gasteiger partial charge in [-0.25, -0.2) is 0 Å². The summed E-state index contributed by atoms with van der Waals surface area (Å²) in [6.45, 7) is 7.99. The highest BCUT2D eigenvalue weighted by atomic mass is 16.6. The lowest BCUT2D eigenvalue weighted by molar-refractivity contribution is -0.384. The number of piperidine rings is 1. The molecule has 1 aromatic heterocycles. The van der Waals surface area contributed by atoms with Crippen LogP contribution in [-0.4, -0.2) is 32.7 Å². The Hall–Kier alpha value is -2.21. The second kappa shape index (κ2) is 7.13. The summed E-state index contributed by atoms with van der Waals surface area (Å²) in [5.74, 6) is 0.657. The number of aromatic nitrogens is 2. The van der Waals surface area contributed by atoms with Crippen LogP contribution in [0.25, 0.3) is 0 Å². The Morgan fingerprint density at radius 3 is 2.62 bits per heavy atom. The first-order valence-corrected chi connectivity index (χ1v) is 8.48. The van der Waals surface area contributed by atoms with Gasteiger partial charge in [0.05, 0.1) is 10.6 Å². The Balaban J connectivity index is 1.53. The molecule has 0 saturated carbocycles. The van der Waals surface area contributed by atoms with E-state index in [1.54, 1.807) is 18.2 Å². The van der Waals surface area contributed by atoms with Gasteiger partial charge in [0.15, 0.2) is 0 Å². The SMILES string of the molecule is Cc1cc(C)n(CC2CCN(Cc3cccc([N+](=O)[O-])c3)CC2)n1. The second-order valence-corrected chi connectivity index (χ2v) is 6.76. The Morgan fingerprint density at radius 2 is 2.00 bits per heavy atom. The maximum atomic E-state index is 10.9. The molecular formula is C18H24N4O2. The lowest BCUT2D eigenvalue weighted by Crippen LogP contribution is -2.34. The average molecular weight is 328 g/mol. The zero-order valence-corrected chi connectivity index (χ0v) is 14.3. The van der Waals surface area contributed by atoms with Crippen molar-refractivity contribution in [1.82, 2.24) is 14.7 Å². The number of hydrogen-bond acceptors (Lipinski definition) is 4. The van der Waals surface area contributed by atoms with Crippen molar-refractivity contribution in [3.8, 4) is 0 Å². The molecule has 0 bridgehead atoms. The zero-order valence-electron chi connectivity index (χ0n) is 14.3. The van der Waals surface area contributed by atoms with Gasteiger partial charge in [0.1, 0.15) is 0 Å². The third-order valence-corrected chi connectivity index (χ3v) is 4.77. The largest absolute Gasteiger partial charge is 0.299 e. The van der Waals surface area contributed by atoms with Crippen molar-refractivity contribution in [2.45, 2.75) is 39.8 Å². The molecule has 0 atom stereocenters. The number of hydrogen-bond donors (Lipinski definition) is 0. The minimum Gasteiger partial charge on any atom is -0.299 e. The van der Waals surface area contributed by atoms with Gasteiger partial charge in [-0.1, -0.05) is 12.1 Å². The summed E-state index contributed by atoms with van der Waals surface area (Å²) in [5, 5.41) is 15.4. The molecule has 1 aromatic carbocycles. The van der Waals surface area contributed by atoms with Crippen LogP contribution in [0, 0.1) is 29.9 Å². The molecule has 1 aliphatic heterocycles. The van der Waals surface area contributed by atoms with E-state index in [-0.39, 0.29) is 10.6 Å². The molecule has 128 valence electrons. The molecule has 3 rings (SSSR count). The van der Waals surface area contributed by atoms with Crippen LogP contribution in [0.2, 0.25) is 0 Å². The lowest BCUT2D eigenvalue weighted by Gasteiger charge is -2.32. The minimum absolute atomic E-state index is 0.173. The fraction of sp³-hybridized carbons (Fsp3) is 0.500. The predicted molar refractivity (Wildman–Crippen MR) is 92.8 cm³/mol. The molecule has 6 heteroatoms. The van der Waals surface area contributed by atoms with Crippen LogP contribution in [0.1, 0.15) is 29.8 Å². The van der Waals surface area contributed by atoms with E-state index in [2.05, 4.69) is 27.7 Å². The van der Waals surface area contributed by atoms with Gasteiger partial charge in [-0.3, -0.25) is 19.7 Å². The molecule has 0 N–H and O–H groups in total. The molecule has 0 aliphatic carbocycles. The normalized spacial score (nSPS) is 16.4. The summed E-state index contributed by atoms with van der Waals surface area (Å²) < 4.78 is 2.12. The first-order valence-electron chi connectivity index (χ1n) is 8.48. The Morgan fingerprint density at radius 1 is 1.25 bits per heavy atom. The van der Waals surface area contributed by atoms with Gasteiger partial charge in [-0.2, -0.15) is 5.10 Å². The maximum Gasteiger partial charge on any atom is 0.269 e. The molecule has 1 aliphatic rings. The maximum absolute atomic E-state index is 10.9. The molecule has 1 fully saturated rings. The van der Waals surface area contributed by atoms with Crippen LogP contribution in [0.4, 0.5) is 5.69 Å². The van der Waals surface area contributed by atoms with E-state index in [1.165, 1.54) is 5.69 Å². The first kappa shape index (κ1) is 16.6. The predicted octanol–water partition coefficient (Wildman–Crippen LogP) is 3.32. The van der Waals surface area contributed by atoms with E-state index in [1.807, 2.05) is 13.0 Å². The molecule has 2 aromatic rings. The van der Waals surface area contributed by atoms with Crippen LogP contribution in [-0.2, 0) is 13.1 Å². The molecule has 6 nitrogen and oxygen atoms in total. The number of aryl methyl sites for hydroxylation is 2. The van der Waals surface area contributed by atoms with Crippen molar-refractivity contribution in [2.24, 2.45) is 5.92 Å². The number of nitrogens with zero attached hydrogens (tertiary/aromatic N) is 4. The van der Waals surface area contributed by atoms with E-state index in [9.17, 15) is 10.1 Å².